The van der Waals surface area contributed by atoms with Crippen LogP contribution in [0.25, 0.3) is 0 Å². The zero-order chi connectivity index (χ0) is 19.1. The van der Waals surface area contributed by atoms with Gasteiger partial charge in [0.15, 0.2) is 0 Å². The molecular formula is C21H21N5O. The molecule has 6 nitrogen and oxygen atoms in total. The Morgan fingerprint density at radius 1 is 1.07 bits per heavy atom. The van der Waals surface area contributed by atoms with Gasteiger partial charge in [0.1, 0.15) is 17.6 Å². The highest BCUT2D eigenvalue weighted by atomic mass is 16.5. The molecule has 2 aromatic carbocycles. The summed E-state index contributed by atoms with van der Waals surface area (Å²) in [5.74, 6) is 2.06. The average molecular weight is 359 g/mol. The standard InChI is InChI=1S/C21H21N5O/c1-15-13-20(25-19-6-4-3-5-17(19)14-22)26-21(24-15)23-12-11-16-7-9-18(27-2)10-8-16/h3-10,13H,11-12H2,1-2H3,(H2,23,24,25,26). The molecule has 0 bridgehead atoms. The number of aromatic nitrogens is 2. The van der Waals surface area contributed by atoms with Crippen molar-refractivity contribution in [2.75, 3.05) is 24.3 Å². The Balaban J connectivity index is 1.65. The number of hydrogen-bond acceptors (Lipinski definition) is 6. The van der Waals surface area contributed by atoms with Gasteiger partial charge in [0.2, 0.25) is 5.95 Å². The number of nitriles is 1. The van der Waals surface area contributed by atoms with E-state index in [4.69, 9.17) is 4.74 Å². The number of methoxy groups -OCH3 is 1. The average Bonchev–Trinajstić information content (AvgIpc) is 2.68. The highest BCUT2D eigenvalue weighted by Crippen LogP contribution is 2.20. The van der Waals surface area contributed by atoms with Gasteiger partial charge < -0.3 is 15.4 Å². The van der Waals surface area contributed by atoms with Crippen LogP contribution in [-0.4, -0.2) is 23.6 Å². The zero-order valence-electron chi connectivity index (χ0n) is 15.4. The monoisotopic (exact) mass is 359 g/mol. The summed E-state index contributed by atoms with van der Waals surface area (Å²) in [5.41, 5.74) is 3.34. The van der Waals surface area contributed by atoms with Gasteiger partial charge in [0, 0.05) is 18.3 Å². The van der Waals surface area contributed by atoms with E-state index in [2.05, 4.69) is 26.7 Å². The zero-order valence-corrected chi connectivity index (χ0v) is 15.4. The van der Waals surface area contributed by atoms with Crippen molar-refractivity contribution in [1.82, 2.24) is 9.97 Å². The number of ether oxygens (including phenoxy) is 1. The summed E-state index contributed by atoms with van der Waals surface area (Å²) in [5, 5.41) is 15.7. The van der Waals surface area contributed by atoms with Gasteiger partial charge >= 0.3 is 0 Å². The van der Waals surface area contributed by atoms with E-state index in [0.717, 1.165) is 23.6 Å². The van der Waals surface area contributed by atoms with Crippen molar-refractivity contribution in [3.8, 4) is 11.8 Å². The van der Waals surface area contributed by atoms with Crippen molar-refractivity contribution in [3.05, 3.63) is 71.4 Å². The molecule has 0 saturated heterocycles. The van der Waals surface area contributed by atoms with Crippen molar-refractivity contribution in [3.63, 3.8) is 0 Å². The first-order valence-corrected chi connectivity index (χ1v) is 8.66. The Kier molecular flexibility index (Phi) is 5.85. The van der Waals surface area contributed by atoms with Crippen LogP contribution in [0.5, 0.6) is 5.75 Å². The lowest BCUT2D eigenvalue weighted by Crippen LogP contribution is -2.09. The number of anilines is 3. The molecule has 3 aromatic rings. The molecule has 0 aliphatic rings. The summed E-state index contributed by atoms with van der Waals surface area (Å²) in [4.78, 5) is 8.93. The SMILES string of the molecule is COc1ccc(CCNc2nc(C)cc(Nc3ccccc3C#N)n2)cc1. The van der Waals surface area contributed by atoms with Crippen LogP contribution < -0.4 is 15.4 Å². The molecule has 0 spiro atoms. The second kappa shape index (κ2) is 8.68. The van der Waals surface area contributed by atoms with Crippen LogP contribution in [0.15, 0.2) is 54.6 Å². The van der Waals surface area contributed by atoms with Gasteiger partial charge in [-0.3, -0.25) is 0 Å². The summed E-state index contributed by atoms with van der Waals surface area (Å²) in [6.45, 7) is 2.63. The Morgan fingerprint density at radius 3 is 2.59 bits per heavy atom. The predicted octanol–water partition coefficient (Wildman–Crippen LogP) is 4.06. The first kappa shape index (κ1) is 18.2. The maximum absolute atomic E-state index is 9.22. The second-order valence-corrected chi connectivity index (χ2v) is 6.03. The minimum absolute atomic E-state index is 0.556. The van der Waals surface area contributed by atoms with Gasteiger partial charge in [-0.05, 0) is 43.2 Å². The Morgan fingerprint density at radius 2 is 1.85 bits per heavy atom. The highest BCUT2D eigenvalue weighted by molar-refractivity contribution is 5.65. The molecule has 0 atom stereocenters. The maximum atomic E-state index is 9.22. The number of rotatable bonds is 7. The normalized spacial score (nSPS) is 10.1. The fourth-order valence-electron chi connectivity index (χ4n) is 2.65. The number of hydrogen-bond donors (Lipinski definition) is 2. The fourth-order valence-corrected chi connectivity index (χ4v) is 2.65. The van der Waals surface area contributed by atoms with Crippen LogP contribution in [0.1, 0.15) is 16.8 Å². The van der Waals surface area contributed by atoms with Crippen molar-refractivity contribution >= 4 is 17.5 Å². The molecule has 27 heavy (non-hydrogen) atoms. The number of benzene rings is 2. The van der Waals surface area contributed by atoms with Gasteiger partial charge in [-0.25, -0.2) is 4.98 Å². The van der Waals surface area contributed by atoms with Crippen molar-refractivity contribution in [2.45, 2.75) is 13.3 Å². The van der Waals surface area contributed by atoms with Crippen LogP contribution >= 0.6 is 0 Å². The van der Waals surface area contributed by atoms with Crippen LogP contribution in [-0.2, 0) is 6.42 Å². The Labute approximate surface area is 158 Å². The molecule has 1 aromatic heterocycles. The van der Waals surface area contributed by atoms with Gasteiger partial charge in [-0.1, -0.05) is 24.3 Å². The van der Waals surface area contributed by atoms with Crippen LogP contribution in [0.4, 0.5) is 17.5 Å². The summed E-state index contributed by atoms with van der Waals surface area (Å²) >= 11 is 0. The molecule has 0 unspecified atom stereocenters. The highest BCUT2D eigenvalue weighted by Gasteiger charge is 2.06. The first-order valence-electron chi connectivity index (χ1n) is 8.66. The molecule has 0 aliphatic carbocycles. The van der Waals surface area contributed by atoms with E-state index >= 15 is 0 Å². The van der Waals surface area contributed by atoms with Crippen LogP contribution in [0.3, 0.4) is 0 Å². The molecular weight excluding hydrogens is 338 g/mol. The third-order valence-corrected chi connectivity index (χ3v) is 4.02. The molecule has 0 aliphatic heterocycles. The molecule has 6 heteroatoms. The van der Waals surface area contributed by atoms with E-state index in [1.165, 1.54) is 5.56 Å². The van der Waals surface area contributed by atoms with Crippen LogP contribution in [0.2, 0.25) is 0 Å². The van der Waals surface area contributed by atoms with E-state index in [0.29, 0.717) is 23.9 Å². The van der Waals surface area contributed by atoms with Crippen LogP contribution in [0, 0.1) is 18.3 Å². The molecule has 1 heterocycles. The maximum Gasteiger partial charge on any atom is 0.224 e. The Bertz CT molecular complexity index is 948. The quantitative estimate of drug-likeness (QED) is 0.662. The summed E-state index contributed by atoms with van der Waals surface area (Å²) < 4.78 is 5.17. The number of nitrogens with zero attached hydrogens (tertiary/aromatic N) is 3. The van der Waals surface area contributed by atoms with E-state index < -0.39 is 0 Å². The second-order valence-electron chi connectivity index (χ2n) is 6.03. The first-order chi connectivity index (χ1) is 13.2. The molecule has 2 N–H and O–H groups in total. The molecule has 0 amide bonds. The Hall–Kier alpha value is -3.59. The minimum atomic E-state index is 0.556. The van der Waals surface area contributed by atoms with E-state index in [1.807, 2.05) is 55.5 Å². The third-order valence-electron chi connectivity index (χ3n) is 4.02. The lowest BCUT2D eigenvalue weighted by atomic mass is 10.1. The number of nitrogens with one attached hydrogen (secondary N) is 2. The predicted molar refractivity (Wildman–Crippen MR) is 106 cm³/mol. The van der Waals surface area contributed by atoms with E-state index in [-0.39, 0.29) is 0 Å². The van der Waals surface area contributed by atoms with Gasteiger partial charge in [0.05, 0.1) is 18.4 Å². The number of para-hydroxylation sites is 1. The largest absolute Gasteiger partial charge is 0.497 e. The molecule has 136 valence electrons. The number of aryl methyl sites for hydroxylation is 1. The molecule has 0 radical (unpaired) electrons. The summed E-state index contributed by atoms with van der Waals surface area (Å²) in [6.07, 6.45) is 0.849. The van der Waals surface area contributed by atoms with Crippen molar-refractivity contribution < 1.29 is 4.74 Å². The van der Waals surface area contributed by atoms with Crippen molar-refractivity contribution in [2.24, 2.45) is 0 Å². The molecule has 0 saturated carbocycles. The summed E-state index contributed by atoms with van der Waals surface area (Å²) in [7, 11) is 1.66. The summed E-state index contributed by atoms with van der Waals surface area (Å²) in [6, 6.07) is 19.4. The van der Waals surface area contributed by atoms with E-state index in [9.17, 15) is 5.26 Å². The topological polar surface area (TPSA) is 82.9 Å². The van der Waals surface area contributed by atoms with Gasteiger partial charge in [-0.15, -0.1) is 0 Å². The molecule has 3 rings (SSSR count). The minimum Gasteiger partial charge on any atom is -0.497 e. The van der Waals surface area contributed by atoms with Gasteiger partial charge in [0.25, 0.3) is 0 Å². The van der Waals surface area contributed by atoms with Crippen molar-refractivity contribution in [1.29, 1.82) is 5.26 Å². The smallest absolute Gasteiger partial charge is 0.224 e. The fraction of sp³-hybridized carbons (Fsp3) is 0.190. The van der Waals surface area contributed by atoms with Gasteiger partial charge in [-0.2, -0.15) is 10.2 Å². The lowest BCUT2D eigenvalue weighted by molar-refractivity contribution is 0.414. The third kappa shape index (κ3) is 4.95. The lowest BCUT2D eigenvalue weighted by Gasteiger charge is -2.11. The molecule has 0 fully saturated rings. The van der Waals surface area contributed by atoms with E-state index in [1.54, 1.807) is 13.2 Å².